The van der Waals surface area contributed by atoms with E-state index >= 15 is 0 Å². The maximum Gasteiger partial charge on any atom is 2.00 e. The molecule has 46 heavy (non-hydrogen) atoms. The second-order valence-corrected chi connectivity index (χ2v) is 2.81. The van der Waals surface area contributed by atoms with Crippen molar-refractivity contribution in [3.8, 4) is 0 Å². The Morgan fingerprint density at radius 3 is 0.543 bits per heavy atom. The fourth-order valence-electron chi connectivity index (χ4n) is 0. The predicted octanol–water partition coefficient (Wildman–Crippen LogP) is -10.1. The van der Waals surface area contributed by atoms with E-state index in [0.717, 1.165) is 6.92 Å². The number of hydrogen-bond acceptors (Lipinski definition) is 7. The molecule has 0 atom stereocenters. The minimum atomic E-state index is -4.67. The average molecular weight is 1200 g/mol. The number of carboxylic acids is 1. The molecule has 0 unspecified atom stereocenters. The molecule has 0 spiro atoms. The van der Waals surface area contributed by atoms with Crippen LogP contribution in [-0.4, -0.2) is 312 Å². The van der Waals surface area contributed by atoms with Crippen LogP contribution in [0.4, 0.5) is 0 Å². The largest absolute Gasteiger partial charge is 2.00 e. The molecule has 0 rings (SSSR count). The Labute approximate surface area is 685 Å². The molecule has 0 fully saturated rings. The molecule has 0 amide bonds. The fourth-order valence-corrected chi connectivity index (χ4v) is 0. The average Bonchev–Trinajstić information content (AvgIpc) is 2.01. The predicted molar refractivity (Wildman–Crippen MR) is 253 cm³/mol. The van der Waals surface area contributed by atoms with Crippen molar-refractivity contribution >= 4 is 426 Å². The monoisotopic (exact) mass is 1190 g/mol. The number of carboxylic acid groups (broad SMARTS) is 1. The van der Waals surface area contributed by atoms with Gasteiger partial charge >= 0.3 is 375 Å². The number of aliphatic hydroxyl groups is 3. The molecule has 0 heterocycles. The van der Waals surface area contributed by atoms with Crippen molar-refractivity contribution in [2.24, 2.45) is 0 Å². The van der Waals surface area contributed by atoms with Crippen molar-refractivity contribution in [1.82, 2.24) is 6.15 Å². The van der Waals surface area contributed by atoms with E-state index in [1.165, 1.54) is 0 Å². The Kier molecular flexibility index (Phi) is 1670. The first-order chi connectivity index (χ1) is 7.97. The summed E-state index contributed by atoms with van der Waals surface area (Å²) in [5, 5.41) is 30.1. The summed E-state index contributed by atoms with van der Waals surface area (Å²) in [5.41, 5.74) is 0. The molecule has 0 bridgehead atoms. The summed E-state index contributed by atoms with van der Waals surface area (Å²) in [4.78, 5) is 9.00. The maximum absolute atomic E-state index is 9.00. The Morgan fingerprint density at radius 1 is 0.543 bits per heavy atom. The zero-order valence-electron chi connectivity index (χ0n) is 46.6. The van der Waals surface area contributed by atoms with Crippen molar-refractivity contribution in [3.63, 3.8) is 0 Å². The summed E-state index contributed by atoms with van der Waals surface area (Å²) in [6.45, 7) is 6.88. The third-order valence-corrected chi connectivity index (χ3v) is 0. The zero-order chi connectivity index (χ0) is 16.2. The number of halogens is 13. The molecule has 0 aliphatic rings. The molecule has 0 aliphatic carbocycles. The molecule has 0 aromatic carbocycles. The minimum absolute atomic E-state index is 0. The van der Waals surface area contributed by atoms with E-state index in [9.17, 15) is 0 Å². The van der Waals surface area contributed by atoms with Gasteiger partial charge < -0.3 is 55.1 Å². The third kappa shape index (κ3) is 816. The molecule has 0 radical (unpaired) electrons. The van der Waals surface area contributed by atoms with E-state index in [-0.39, 0.29) is 615 Å². The molecular formula is C8H66Al2Ca2Cl13K2LiMg6NNaO9S. The first-order valence-electron chi connectivity index (χ1n) is 4.70. The van der Waals surface area contributed by atoms with Crippen molar-refractivity contribution in [1.29, 1.82) is 0 Å². The SMILES string of the molecule is CC(=O)O.CCO.CCO.CCO.Cl.Cl.Cl.Cl.Cl.Cl.Cl.Cl.Cl.Cl.Cl.Cl.Cl.N.O=S(=O)(O)O.[AlH3].[AlH3].[Ca+2].[Ca+2].[H-].[H-].[H-].[H-].[H-].[H-].[H-].[H-].[H-].[H-].[H-].[H-].[H-].[H-].[H-].[H-].[H-].[H-].[H-].[H-].[K+].[K+].[Li+].[Mg+2].[Mg+2].[Mg+2].[Mg+2].[Mg+2].[Mg+2].[Na+]. The van der Waals surface area contributed by atoms with E-state index < -0.39 is 16.4 Å². The molecule has 0 aliphatic heterocycles. The van der Waals surface area contributed by atoms with Gasteiger partial charge in [0.2, 0.25) is 0 Å². The fraction of sp³-hybridized carbons (Fsp3) is 0.875. The van der Waals surface area contributed by atoms with Crippen LogP contribution in [-0.2, 0) is 15.2 Å². The first-order valence-corrected chi connectivity index (χ1v) is 6.09. The summed E-state index contributed by atoms with van der Waals surface area (Å²) in [6.07, 6.45) is 0. The van der Waals surface area contributed by atoms with Crippen LogP contribution in [0, 0.1) is 0 Å². The van der Waals surface area contributed by atoms with Crippen molar-refractivity contribution in [3.05, 3.63) is 0 Å². The zero-order valence-corrected chi connectivity index (χ0v) is 59.2. The van der Waals surface area contributed by atoms with Gasteiger partial charge in [-0.2, -0.15) is 8.42 Å². The third-order valence-electron chi connectivity index (χ3n) is 0. The van der Waals surface area contributed by atoms with E-state index in [0.29, 0.717) is 0 Å². The van der Waals surface area contributed by atoms with Gasteiger partial charge in [-0.25, -0.2) is 0 Å². The molecule has 38 heteroatoms. The van der Waals surface area contributed by atoms with Crippen LogP contribution in [0.1, 0.15) is 56.2 Å². The number of rotatable bonds is 0. The number of aliphatic hydroxyl groups excluding tert-OH is 3. The van der Waals surface area contributed by atoms with Gasteiger partial charge in [0.05, 0.1) is 0 Å². The van der Waals surface area contributed by atoms with Gasteiger partial charge in [0.25, 0.3) is 5.97 Å². The van der Waals surface area contributed by atoms with Crippen LogP contribution >= 0.6 is 161 Å². The van der Waals surface area contributed by atoms with Crippen molar-refractivity contribution in [2.45, 2.75) is 27.7 Å². The van der Waals surface area contributed by atoms with Crippen LogP contribution in [0.3, 0.4) is 0 Å². The van der Waals surface area contributed by atoms with Gasteiger partial charge in [0.1, 0.15) is 0 Å². The van der Waals surface area contributed by atoms with Crippen LogP contribution in [0.5, 0.6) is 0 Å². The topological polar surface area (TPSA) is 208 Å². The van der Waals surface area contributed by atoms with Gasteiger partial charge in [0.15, 0.2) is 34.7 Å². The first kappa shape index (κ1) is 274. The van der Waals surface area contributed by atoms with Crippen molar-refractivity contribution < 1.29 is 222 Å². The smallest absolute Gasteiger partial charge is 1.00 e. The summed E-state index contributed by atoms with van der Waals surface area (Å²) < 4.78 is 31.6. The van der Waals surface area contributed by atoms with Crippen LogP contribution < -0.4 is 157 Å². The van der Waals surface area contributed by atoms with E-state index in [1.807, 2.05) is 0 Å². The molecule has 280 valence electrons. The molecule has 10 nitrogen and oxygen atoms in total. The second-order valence-electron chi connectivity index (χ2n) is 1.92. The molecule has 0 aromatic heterocycles. The quantitative estimate of drug-likeness (QED) is 0.0902. The van der Waals surface area contributed by atoms with E-state index in [2.05, 4.69) is 0 Å². The Bertz CT molecular complexity index is 364. The maximum atomic E-state index is 9.00. The molecule has 0 saturated carbocycles. The van der Waals surface area contributed by atoms with E-state index in [4.69, 9.17) is 42.7 Å². The Hall–Kier alpha value is 16.0. The standard InChI is InChI=1S/C2H4O2.3C2H6O.2Al.2Ca.13ClH.2K.Li.6Mg.H3N.Na.H2O4S.26H/c1-2(3)4;3*1-2-3;;;;;;;;;;;;;;;;;;;;;;;;;;;;;1-5(2,3)4;;;;;;;;;;;;;;;;;;;;;;;;;;/h1H3,(H,3,4);3*3H,2H2,1H3;;;;;13*1H;;;;;;;;;;1H3;;(H2,1,2,3,4);;;;;;;;;;;;;;;;;;;;;;;;;;/q;;;;;;2*+2;;;;;;;;;;;;;;3*+1;6*+2;;+1;;;;;;;;20*-1. The van der Waals surface area contributed by atoms with E-state index in [1.54, 1.807) is 20.8 Å². The van der Waals surface area contributed by atoms with Gasteiger partial charge in [-0.3, -0.25) is 13.9 Å². The van der Waals surface area contributed by atoms with Crippen molar-refractivity contribution in [2.75, 3.05) is 19.8 Å². The molecular weight excluding hydrogens is 1140 g/mol. The summed E-state index contributed by atoms with van der Waals surface area (Å²) in [5.74, 6) is -0.833. The number of aliphatic carboxylic acids is 1. The van der Waals surface area contributed by atoms with Crippen LogP contribution in [0.15, 0.2) is 0 Å². The number of carbonyl (C=O) groups is 1. The number of hydrogen-bond donors (Lipinski definition) is 7. The van der Waals surface area contributed by atoms with Gasteiger partial charge in [-0.15, -0.1) is 161 Å². The summed E-state index contributed by atoms with van der Waals surface area (Å²) in [6, 6.07) is 0. The Balaban J connectivity index is -0.000000000533. The van der Waals surface area contributed by atoms with Gasteiger partial charge in [-0.1, -0.05) is 0 Å². The second kappa shape index (κ2) is 280. The molecule has 9 N–H and O–H groups in total. The normalized spacial score (nSPS) is 2.98. The summed E-state index contributed by atoms with van der Waals surface area (Å²) in [7, 11) is -4.67. The Morgan fingerprint density at radius 2 is 0.543 bits per heavy atom. The van der Waals surface area contributed by atoms with Gasteiger partial charge in [0, 0.05) is 26.7 Å². The summed E-state index contributed by atoms with van der Waals surface area (Å²) >= 11 is 0. The van der Waals surface area contributed by atoms with Gasteiger partial charge in [-0.05, 0) is 20.8 Å². The van der Waals surface area contributed by atoms with Crippen LogP contribution in [0.25, 0.3) is 0 Å². The molecule has 0 saturated heterocycles. The molecule has 0 aromatic rings. The van der Waals surface area contributed by atoms with Crippen LogP contribution in [0.2, 0.25) is 0 Å². The minimum Gasteiger partial charge on any atom is -1.00 e.